The molecule has 0 rings (SSSR count). The van der Waals surface area contributed by atoms with E-state index in [1.807, 2.05) is 0 Å². The first-order valence-electron chi connectivity index (χ1n) is 2.84. The minimum atomic E-state index is -5.78. The summed E-state index contributed by atoms with van der Waals surface area (Å²) in [6, 6.07) is 0. The molecule has 0 fully saturated rings. The van der Waals surface area contributed by atoms with Crippen molar-refractivity contribution in [3.8, 4) is 0 Å². The maximum atomic E-state index is 12.1. The van der Waals surface area contributed by atoms with Crippen LogP contribution in [-0.2, 0) is 14.3 Å². The van der Waals surface area contributed by atoms with E-state index >= 15 is 0 Å². The molecule has 0 aliphatic rings. The van der Waals surface area contributed by atoms with Crippen LogP contribution in [0.4, 0.5) is 17.6 Å². The molecular weight excluding hydrogens is 204 g/mol. The molecule has 0 aliphatic carbocycles. The summed E-state index contributed by atoms with van der Waals surface area (Å²) in [4.78, 5) is 0. The molecule has 1 atom stereocenters. The highest BCUT2D eigenvalue weighted by atomic mass is 32.2. The topological polar surface area (TPSA) is 43.4 Å². The first kappa shape index (κ1) is 11.6. The standard InChI is InChI=1S/C4H6F4O3S/c1-2-3(5)11-12(9,10)4(6,7)8/h3H,2H2,1H3. The molecule has 12 heavy (non-hydrogen) atoms. The van der Waals surface area contributed by atoms with Crippen LogP contribution in [0, 0.1) is 0 Å². The van der Waals surface area contributed by atoms with Gasteiger partial charge in [0.1, 0.15) is 0 Å². The monoisotopic (exact) mass is 210 g/mol. The molecule has 0 N–H and O–H groups in total. The van der Waals surface area contributed by atoms with E-state index in [4.69, 9.17) is 0 Å². The molecular formula is C4H6F4O3S. The van der Waals surface area contributed by atoms with E-state index < -0.39 is 28.4 Å². The Morgan fingerprint density at radius 1 is 1.42 bits per heavy atom. The third-order valence-electron chi connectivity index (χ3n) is 0.836. The first-order valence-corrected chi connectivity index (χ1v) is 4.25. The fourth-order valence-corrected chi connectivity index (χ4v) is 0.780. The van der Waals surface area contributed by atoms with Crippen molar-refractivity contribution < 1.29 is 30.2 Å². The van der Waals surface area contributed by atoms with Crippen molar-refractivity contribution in [3.05, 3.63) is 0 Å². The number of rotatable bonds is 3. The SMILES string of the molecule is CCC(F)OS(=O)(=O)C(F)(F)F. The average Bonchev–Trinajstić information content (AvgIpc) is 1.84. The predicted molar refractivity (Wildman–Crippen MR) is 31.2 cm³/mol. The molecule has 8 heteroatoms. The highest BCUT2D eigenvalue weighted by Gasteiger charge is 2.48. The van der Waals surface area contributed by atoms with Gasteiger partial charge in [-0.1, -0.05) is 6.92 Å². The first-order chi connectivity index (χ1) is 5.20. The fourth-order valence-electron chi connectivity index (χ4n) is 0.260. The van der Waals surface area contributed by atoms with Crippen LogP contribution in [0.25, 0.3) is 0 Å². The van der Waals surface area contributed by atoms with E-state index in [0.29, 0.717) is 0 Å². The van der Waals surface area contributed by atoms with Crippen LogP contribution in [-0.4, -0.2) is 20.3 Å². The third-order valence-corrected chi connectivity index (χ3v) is 1.86. The molecule has 3 nitrogen and oxygen atoms in total. The summed E-state index contributed by atoms with van der Waals surface area (Å²) in [5, 5.41) is 0. The zero-order valence-electron chi connectivity index (χ0n) is 5.93. The zero-order chi connectivity index (χ0) is 9.99. The Labute approximate surface area is 66.4 Å². The Morgan fingerprint density at radius 2 is 1.83 bits per heavy atom. The second-order valence-electron chi connectivity index (χ2n) is 1.81. The van der Waals surface area contributed by atoms with Crippen LogP contribution in [0.15, 0.2) is 0 Å². The lowest BCUT2D eigenvalue weighted by molar-refractivity contribution is -0.0648. The molecule has 74 valence electrons. The Bertz CT molecular complexity index is 231. The molecule has 0 aliphatic heterocycles. The molecule has 1 unspecified atom stereocenters. The van der Waals surface area contributed by atoms with Gasteiger partial charge in [0.25, 0.3) is 0 Å². The van der Waals surface area contributed by atoms with Gasteiger partial charge in [0, 0.05) is 6.42 Å². The minimum Gasteiger partial charge on any atom is -0.226 e. The van der Waals surface area contributed by atoms with Gasteiger partial charge in [-0.2, -0.15) is 21.6 Å². The van der Waals surface area contributed by atoms with Gasteiger partial charge >= 0.3 is 15.6 Å². The Balaban J connectivity index is 4.46. The molecule has 0 radical (unpaired) electrons. The number of hydrogen-bond acceptors (Lipinski definition) is 3. The number of halogens is 4. The summed E-state index contributed by atoms with van der Waals surface area (Å²) in [7, 11) is -5.78. The third kappa shape index (κ3) is 2.94. The lowest BCUT2D eigenvalue weighted by Crippen LogP contribution is -2.28. The second-order valence-corrected chi connectivity index (χ2v) is 3.38. The van der Waals surface area contributed by atoms with E-state index in [9.17, 15) is 26.0 Å². The maximum absolute atomic E-state index is 12.1. The van der Waals surface area contributed by atoms with Gasteiger partial charge < -0.3 is 0 Å². The summed E-state index contributed by atoms with van der Waals surface area (Å²) < 4.78 is 69.6. The van der Waals surface area contributed by atoms with Gasteiger partial charge in [-0.05, 0) is 0 Å². The lowest BCUT2D eigenvalue weighted by Gasteiger charge is -2.09. The van der Waals surface area contributed by atoms with E-state index in [1.54, 1.807) is 0 Å². The van der Waals surface area contributed by atoms with Crippen molar-refractivity contribution in [1.82, 2.24) is 0 Å². The molecule has 0 aromatic heterocycles. The van der Waals surface area contributed by atoms with Gasteiger partial charge in [-0.15, -0.1) is 0 Å². The molecule has 0 bridgehead atoms. The number of alkyl halides is 4. The highest BCUT2D eigenvalue weighted by Crippen LogP contribution is 2.26. The van der Waals surface area contributed by atoms with E-state index in [-0.39, 0.29) is 0 Å². The zero-order valence-corrected chi connectivity index (χ0v) is 6.75. The normalized spacial score (nSPS) is 16.1. The van der Waals surface area contributed by atoms with Crippen LogP contribution in [0.5, 0.6) is 0 Å². The van der Waals surface area contributed by atoms with E-state index in [1.165, 1.54) is 0 Å². The average molecular weight is 210 g/mol. The van der Waals surface area contributed by atoms with Gasteiger partial charge in [0.2, 0.25) is 6.36 Å². The van der Waals surface area contributed by atoms with Crippen LogP contribution in [0.1, 0.15) is 13.3 Å². The maximum Gasteiger partial charge on any atom is 0.523 e. The van der Waals surface area contributed by atoms with Crippen LogP contribution in [0.3, 0.4) is 0 Å². The Kier molecular flexibility index (Phi) is 3.45. The van der Waals surface area contributed by atoms with Crippen LogP contribution >= 0.6 is 0 Å². The summed E-state index contributed by atoms with van der Waals surface area (Å²) in [6.07, 6.45) is -2.91. The molecule has 0 heterocycles. The van der Waals surface area contributed by atoms with Gasteiger partial charge in [-0.25, -0.2) is 8.57 Å². The summed E-state index contributed by atoms with van der Waals surface area (Å²) in [5.41, 5.74) is -5.56. The second kappa shape index (κ2) is 3.56. The summed E-state index contributed by atoms with van der Waals surface area (Å²) in [6.45, 7) is 1.15. The van der Waals surface area contributed by atoms with Crippen molar-refractivity contribution in [3.63, 3.8) is 0 Å². The van der Waals surface area contributed by atoms with Crippen LogP contribution in [0.2, 0.25) is 0 Å². The molecule has 0 aromatic carbocycles. The van der Waals surface area contributed by atoms with Crippen molar-refractivity contribution in [2.75, 3.05) is 0 Å². The van der Waals surface area contributed by atoms with Crippen LogP contribution < -0.4 is 0 Å². The minimum absolute atomic E-state index is 0.463. The highest BCUT2D eigenvalue weighted by molar-refractivity contribution is 7.87. The Hall–Kier alpha value is -0.370. The van der Waals surface area contributed by atoms with Crippen molar-refractivity contribution in [2.45, 2.75) is 25.2 Å². The summed E-state index contributed by atoms with van der Waals surface area (Å²) >= 11 is 0. The molecule has 0 aromatic rings. The largest absolute Gasteiger partial charge is 0.523 e. The van der Waals surface area contributed by atoms with Crippen molar-refractivity contribution in [1.29, 1.82) is 0 Å². The van der Waals surface area contributed by atoms with E-state index in [0.717, 1.165) is 6.92 Å². The molecule has 0 saturated heterocycles. The molecule has 0 spiro atoms. The van der Waals surface area contributed by atoms with Gasteiger partial charge in [-0.3, -0.25) is 0 Å². The van der Waals surface area contributed by atoms with Crippen molar-refractivity contribution >= 4 is 10.1 Å². The van der Waals surface area contributed by atoms with Gasteiger partial charge in [0.05, 0.1) is 0 Å². The smallest absolute Gasteiger partial charge is 0.226 e. The predicted octanol–water partition coefficient (Wildman–Crippen LogP) is 1.56. The molecule has 0 saturated carbocycles. The fraction of sp³-hybridized carbons (Fsp3) is 1.00. The lowest BCUT2D eigenvalue weighted by atomic mass is 10.5. The van der Waals surface area contributed by atoms with Crippen molar-refractivity contribution in [2.24, 2.45) is 0 Å². The number of hydrogen-bond donors (Lipinski definition) is 0. The van der Waals surface area contributed by atoms with E-state index in [2.05, 4.69) is 4.18 Å². The summed E-state index contributed by atoms with van der Waals surface area (Å²) in [5.74, 6) is 0. The quantitative estimate of drug-likeness (QED) is 0.403. The molecule has 0 amide bonds. The van der Waals surface area contributed by atoms with Gasteiger partial charge in [0.15, 0.2) is 0 Å². The Morgan fingerprint density at radius 3 is 2.08 bits per heavy atom.